The molecule has 3 rings (SSSR count). The predicted molar refractivity (Wildman–Crippen MR) is 92.7 cm³/mol. The Balaban J connectivity index is 1.68. The fourth-order valence-electron chi connectivity index (χ4n) is 2.71. The summed E-state index contributed by atoms with van der Waals surface area (Å²) in [6, 6.07) is 6.62. The van der Waals surface area contributed by atoms with Crippen LogP contribution in [0.25, 0.3) is 11.1 Å². The Morgan fingerprint density at radius 1 is 1.32 bits per heavy atom. The number of halogens is 3. The molecule has 7 nitrogen and oxygen atoms in total. The smallest absolute Gasteiger partial charge is 0.411 e. The van der Waals surface area contributed by atoms with E-state index in [1.54, 1.807) is 31.2 Å². The fourth-order valence-corrected chi connectivity index (χ4v) is 2.71. The second-order valence-electron chi connectivity index (χ2n) is 6.06. The zero-order valence-corrected chi connectivity index (χ0v) is 14.7. The second kappa shape index (κ2) is 7.85. The molecule has 0 fully saturated rings. The molecule has 0 saturated heterocycles. The summed E-state index contributed by atoms with van der Waals surface area (Å²) >= 11 is 0. The molecule has 28 heavy (non-hydrogen) atoms. The summed E-state index contributed by atoms with van der Waals surface area (Å²) in [5, 5.41) is 2.73. The molecule has 0 radical (unpaired) electrons. The van der Waals surface area contributed by atoms with Gasteiger partial charge in [-0.05, 0) is 18.1 Å². The highest BCUT2D eigenvalue weighted by molar-refractivity contribution is 6.06. The van der Waals surface area contributed by atoms with Crippen LogP contribution in [-0.2, 0) is 17.9 Å². The van der Waals surface area contributed by atoms with Crippen molar-refractivity contribution in [1.29, 1.82) is 0 Å². The summed E-state index contributed by atoms with van der Waals surface area (Å²) in [6.07, 6.45) is -3.20. The summed E-state index contributed by atoms with van der Waals surface area (Å²) in [5.41, 5.74) is 0.876. The Kier molecular flexibility index (Phi) is 5.50. The number of hydrogen-bond acceptors (Lipinski definition) is 5. The first-order valence-corrected chi connectivity index (χ1v) is 8.22. The quantitative estimate of drug-likeness (QED) is 0.669. The van der Waals surface area contributed by atoms with E-state index in [2.05, 4.69) is 20.0 Å². The van der Waals surface area contributed by atoms with Crippen LogP contribution in [-0.4, -0.2) is 28.7 Å². The number of amides is 1. The Labute approximate surface area is 156 Å². The lowest BCUT2D eigenvalue weighted by Gasteiger charge is -2.09. The van der Waals surface area contributed by atoms with Crippen LogP contribution >= 0.6 is 0 Å². The van der Waals surface area contributed by atoms with Gasteiger partial charge in [0.1, 0.15) is 17.8 Å². The van der Waals surface area contributed by atoms with Gasteiger partial charge in [-0.3, -0.25) is 9.59 Å². The number of aryl methyl sites for hydroxylation is 1. The van der Waals surface area contributed by atoms with Crippen molar-refractivity contribution in [2.45, 2.75) is 26.3 Å². The molecule has 0 unspecified atom stereocenters. The van der Waals surface area contributed by atoms with Crippen molar-refractivity contribution >= 4 is 17.0 Å². The SMILES string of the molecule is Cc1oc2nc[nH]c(=O)c2c1C(=O)NCc1cccc(COCC(F)(F)F)c1. The highest BCUT2D eigenvalue weighted by Crippen LogP contribution is 2.20. The van der Waals surface area contributed by atoms with Gasteiger partial charge in [0.15, 0.2) is 0 Å². The third-order valence-corrected chi connectivity index (χ3v) is 3.88. The van der Waals surface area contributed by atoms with E-state index >= 15 is 0 Å². The maximum absolute atomic E-state index is 12.5. The number of furan rings is 1. The molecule has 148 valence electrons. The fraction of sp³-hybridized carbons (Fsp3) is 0.278. The number of aromatic amines is 1. The van der Waals surface area contributed by atoms with Crippen LogP contribution in [0.4, 0.5) is 13.2 Å². The van der Waals surface area contributed by atoms with E-state index in [1.165, 1.54) is 6.33 Å². The molecule has 0 bridgehead atoms. The van der Waals surface area contributed by atoms with E-state index in [-0.39, 0.29) is 35.6 Å². The van der Waals surface area contributed by atoms with Gasteiger partial charge in [0.2, 0.25) is 5.71 Å². The van der Waals surface area contributed by atoms with Crippen LogP contribution in [0.5, 0.6) is 0 Å². The first-order chi connectivity index (χ1) is 13.2. The zero-order chi connectivity index (χ0) is 20.3. The molecule has 1 aromatic carbocycles. The number of alkyl halides is 3. The van der Waals surface area contributed by atoms with Crippen molar-refractivity contribution in [3.05, 3.63) is 63.4 Å². The number of fused-ring (bicyclic) bond motifs is 1. The molecular weight excluding hydrogens is 379 g/mol. The van der Waals surface area contributed by atoms with Gasteiger partial charge < -0.3 is 19.5 Å². The van der Waals surface area contributed by atoms with E-state index in [0.29, 0.717) is 11.1 Å². The topological polar surface area (TPSA) is 97.2 Å². The second-order valence-corrected chi connectivity index (χ2v) is 6.06. The van der Waals surface area contributed by atoms with Gasteiger partial charge in [0.25, 0.3) is 11.5 Å². The van der Waals surface area contributed by atoms with Crippen molar-refractivity contribution in [2.24, 2.45) is 0 Å². The lowest BCUT2D eigenvalue weighted by molar-refractivity contribution is -0.176. The van der Waals surface area contributed by atoms with Crippen molar-refractivity contribution in [1.82, 2.24) is 15.3 Å². The minimum absolute atomic E-state index is 0.0619. The normalized spacial score (nSPS) is 11.7. The molecule has 2 aromatic heterocycles. The molecule has 0 saturated carbocycles. The molecule has 1 amide bonds. The summed E-state index contributed by atoms with van der Waals surface area (Å²) in [7, 11) is 0. The van der Waals surface area contributed by atoms with Crippen LogP contribution in [0.15, 0.2) is 39.8 Å². The molecule has 2 heterocycles. The van der Waals surface area contributed by atoms with E-state index in [4.69, 9.17) is 4.42 Å². The Morgan fingerprint density at radius 2 is 2.07 bits per heavy atom. The van der Waals surface area contributed by atoms with Gasteiger partial charge in [-0.2, -0.15) is 13.2 Å². The maximum Gasteiger partial charge on any atom is 0.411 e. The van der Waals surface area contributed by atoms with Gasteiger partial charge in [0, 0.05) is 6.54 Å². The van der Waals surface area contributed by atoms with Crippen molar-refractivity contribution in [2.75, 3.05) is 6.61 Å². The molecule has 0 aliphatic rings. The summed E-state index contributed by atoms with van der Waals surface area (Å²) in [6.45, 7) is 0.127. The average molecular weight is 395 g/mol. The Bertz CT molecular complexity index is 1060. The number of benzene rings is 1. The number of nitrogens with zero attached hydrogens (tertiary/aromatic N) is 1. The minimum atomic E-state index is -4.39. The van der Waals surface area contributed by atoms with Crippen molar-refractivity contribution in [3.63, 3.8) is 0 Å². The number of hydrogen-bond donors (Lipinski definition) is 2. The van der Waals surface area contributed by atoms with Gasteiger partial charge in [-0.1, -0.05) is 24.3 Å². The molecular formula is C18H16F3N3O4. The van der Waals surface area contributed by atoms with Crippen LogP contribution in [0.2, 0.25) is 0 Å². The van der Waals surface area contributed by atoms with Crippen LogP contribution < -0.4 is 10.9 Å². The van der Waals surface area contributed by atoms with Gasteiger partial charge in [0.05, 0.1) is 18.5 Å². The van der Waals surface area contributed by atoms with Crippen molar-refractivity contribution < 1.29 is 27.1 Å². The van der Waals surface area contributed by atoms with E-state index in [0.717, 1.165) is 0 Å². The monoisotopic (exact) mass is 395 g/mol. The number of ether oxygens (including phenoxy) is 1. The first kappa shape index (κ1) is 19.6. The highest BCUT2D eigenvalue weighted by atomic mass is 19.4. The first-order valence-electron chi connectivity index (χ1n) is 8.22. The number of rotatable bonds is 6. The third kappa shape index (κ3) is 4.58. The minimum Gasteiger partial charge on any atom is -0.442 e. The standard InChI is InChI=1S/C18H16F3N3O4/c1-10-13(14-16(26)23-9-24-17(14)28-10)15(25)22-6-11-3-2-4-12(5-11)7-27-8-18(19,20)21/h2-5,9H,6-8H2,1H3,(H,22,25)(H,23,24,26). The number of carbonyl (C=O) groups is 1. The Morgan fingerprint density at radius 3 is 2.82 bits per heavy atom. The van der Waals surface area contributed by atoms with Crippen LogP contribution in [0.1, 0.15) is 27.2 Å². The summed E-state index contributed by atoms with van der Waals surface area (Å²) < 4.78 is 46.4. The Hall–Kier alpha value is -3.14. The van der Waals surface area contributed by atoms with E-state index < -0.39 is 24.2 Å². The third-order valence-electron chi connectivity index (χ3n) is 3.88. The molecule has 10 heteroatoms. The number of carbonyl (C=O) groups excluding carboxylic acids is 1. The van der Waals surface area contributed by atoms with E-state index in [9.17, 15) is 22.8 Å². The lowest BCUT2D eigenvalue weighted by Crippen LogP contribution is -2.24. The van der Waals surface area contributed by atoms with E-state index in [1.807, 2.05) is 0 Å². The summed E-state index contributed by atoms with van der Waals surface area (Å²) in [5.74, 6) is -0.264. The molecule has 3 aromatic rings. The van der Waals surface area contributed by atoms with Crippen LogP contribution in [0.3, 0.4) is 0 Å². The number of nitrogens with one attached hydrogen (secondary N) is 2. The highest BCUT2D eigenvalue weighted by Gasteiger charge is 2.27. The maximum atomic E-state index is 12.5. The molecule has 0 atom stereocenters. The predicted octanol–water partition coefficient (Wildman–Crippen LogP) is 2.83. The van der Waals surface area contributed by atoms with Crippen molar-refractivity contribution in [3.8, 4) is 0 Å². The zero-order valence-electron chi connectivity index (χ0n) is 14.7. The average Bonchev–Trinajstić information content (AvgIpc) is 2.96. The number of aromatic nitrogens is 2. The number of H-pyrrole nitrogens is 1. The van der Waals surface area contributed by atoms with Crippen LogP contribution in [0, 0.1) is 6.92 Å². The van der Waals surface area contributed by atoms with Gasteiger partial charge in [-0.25, -0.2) is 4.98 Å². The summed E-state index contributed by atoms with van der Waals surface area (Å²) in [4.78, 5) is 30.8. The largest absolute Gasteiger partial charge is 0.442 e. The van der Waals surface area contributed by atoms with Gasteiger partial charge >= 0.3 is 6.18 Å². The molecule has 0 spiro atoms. The molecule has 0 aliphatic heterocycles. The van der Waals surface area contributed by atoms with Gasteiger partial charge in [-0.15, -0.1) is 0 Å². The lowest BCUT2D eigenvalue weighted by atomic mass is 10.1. The molecule has 2 N–H and O–H groups in total. The molecule has 0 aliphatic carbocycles.